The molecule has 0 atom stereocenters. The Bertz CT molecular complexity index is 1340. The highest BCUT2D eigenvalue weighted by Crippen LogP contribution is 2.33. The van der Waals surface area contributed by atoms with Gasteiger partial charge in [0.25, 0.3) is 5.95 Å². The predicted octanol–water partition coefficient (Wildman–Crippen LogP) is 5.24. The van der Waals surface area contributed by atoms with Gasteiger partial charge in [-0.25, -0.2) is 14.5 Å². The molecule has 8 nitrogen and oxygen atoms in total. The lowest BCUT2D eigenvalue weighted by atomic mass is 10.0. The molecule has 34 heavy (non-hydrogen) atoms. The standard InChI is InChI=1S/C25H27ClN6O2/c1-5-31(6-2)23-18-10-22(27-13-19-15(3)8-7-9-16(19)4)20(26)11-21(18)29-25(30-23)32-14-17(12-28-32)24(33)34/h7-12,14,27H,5-6,13H2,1-4H3,(H,33,34). The number of rotatable bonds is 8. The molecule has 0 saturated carbocycles. The maximum atomic E-state index is 11.3. The Labute approximate surface area is 203 Å². The summed E-state index contributed by atoms with van der Waals surface area (Å²) in [5.74, 6) is -0.0305. The summed E-state index contributed by atoms with van der Waals surface area (Å²) >= 11 is 6.66. The van der Waals surface area contributed by atoms with Crippen LogP contribution in [0.15, 0.2) is 42.7 Å². The molecule has 0 bridgehead atoms. The number of benzene rings is 2. The van der Waals surface area contributed by atoms with Gasteiger partial charge in [-0.2, -0.15) is 10.1 Å². The van der Waals surface area contributed by atoms with Crippen molar-refractivity contribution in [3.8, 4) is 5.95 Å². The van der Waals surface area contributed by atoms with Gasteiger partial charge in [0.2, 0.25) is 0 Å². The topological polar surface area (TPSA) is 96.2 Å². The lowest BCUT2D eigenvalue weighted by Gasteiger charge is -2.22. The lowest BCUT2D eigenvalue weighted by molar-refractivity contribution is 0.0697. The van der Waals surface area contributed by atoms with E-state index in [-0.39, 0.29) is 11.5 Å². The lowest BCUT2D eigenvalue weighted by Crippen LogP contribution is -2.24. The van der Waals surface area contributed by atoms with E-state index in [1.807, 2.05) is 12.1 Å². The van der Waals surface area contributed by atoms with Gasteiger partial charge in [-0.05, 0) is 56.5 Å². The first kappa shape index (κ1) is 23.5. The van der Waals surface area contributed by atoms with Gasteiger partial charge in [0.15, 0.2) is 0 Å². The maximum Gasteiger partial charge on any atom is 0.338 e. The van der Waals surface area contributed by atoms with Crippen molar-refractivity contribution in [3.63, 3.8) is 0 Å². The molecule has 0 aliphatic heterocycles. The molecule has 0 spiro atoms. The molecule has 2 N–H and O–H groups in total. The number of fused-ring (bicyclic) bond motifs is 1. The van der Waals surface area contributed by atoms with Gasteiger partial charge in [0.1, 0.15) is 5.82 Å². The van der Waals surface area contributed by atoms with Crippen LogP contribution >= 0.6 is 11.6 Å². The third-order valence-corrected chi connectivity index (χ3v) is 6.26. The van der Waals surface area contributed by atoms with E-state index in [1.54, 1.807) is 0 Å². The Balaban J connectivity index is 1.80. The zero-order valence-corrected chi connectivity index (χ0v) is 20.4. The molecule has 9 heteroatoms. The summed E-state index contributed by atoms with van der Waals surface area (Å²) in [7, 11) is 0. The number of aromatic carboxylic acids is 1. The Morgan fingerprint density at radius 3 is 2.47 bits per heavy atom. The minimum Gasteiger partial charge on any atom is -0.478 e. The Kier molecular flexibility index (Phi) is 6.70. The summed E-state index contributed by atoms with van der Waals surface area (Å²) in [5.41, 5.74) is 5.21. The second kappa shape index (κ2) is 9.69. The van der Waals surface area contributed by atoms with Crippen LogP contribution in [0.3, 0.4) is 0 Å². The number of carbonyl (C=O) groups is 1. The number of carboxylic acids is 1. The van der Waals surface area contributed by atoms with Crippen LogP contribution < -0.4 is 10.2 Å². The van der Waals surface area contributed by atoms with Crippen molar-refractivity contribution in [2.45, 2.75) is 34.2 Å². The normalized spacial score (nSPS) is 11.1. The number of hydrogen-bond acceptors (Lipinski definition) is 6. The summed E-state index contributed by atoms with van der Waals surface area (Å²) in [5, 5.41) is 18.2. The zero-order valence-electron chi connectivity index (χ0n) is 19.6. The van der Waals surface area contributed by atoms with Crippen LogP contribution in [0.2, 0.25) is 5.02 Å². The molecule has 2 aromatic carbocycles. The molecule has 0 fully saturated rings. The fourth-order valence-electron chi connectivity index (χ4n) is 3.98. The van der Waals surface area contributed by atoms with E-state index in [0.29, 0.717) is 17.1 Å². The SMILES string of the molecule is CCN(CC)c1nc(-n2cc(C(=O)O)cn2)nc2cc(Cl)c(NCc3c(C)cccc3C)cc12. The van der Waals surface area contributed by atoms with Crippen LogP contribution in [-0.2, 0) is 6.54 Å². The number of nitrogens with one attached hydrogen (secondary N) is 1. The van der Waals surface area contributed by atoms with Gasteiger partial charge in [0, 0.05) is 31.2 Å². The molecule has 0 aliphatic rings. The van der Waals surface area contributed by atoms with Crippen molar-refractivity contribution in [1.82, 2.24) is 19.7 Å². The largest absolute Gasteiger partial charge is 0.478 e. The first-order chi connectivity index (χ1) is 16.3. The monoisotopic (exact) mass is 478 g/mol. The van der Waals surface area contributed by atoms with Crippen LogP contribution in [0.5, 0.6) is 0 Å². The number of carboxylic acid groups (broad SMARTS) is 1. The highest BCUT2D eigenvalue weighted by molar-refractivity contribution is 6.34. The average molecular weight is 479 g/mol. The van der Waals surface area contributed by atoms with E-state index in [2.05, 4.69) is 66.2 Å². The van der Waals surface area contributed by atoms with E-state index >= 15 is 0 Å². The summed E-state index contributed by atoms with van der Waals surface area (Å²) in [4.78, 5) is 22.8. The summed E-state index contributed by atoms with van der Waals surface area (Å²) < 4.78 is 1.37. The van der Waals surface area contributed by atoms with Crippen molar-refractivity contribution in [1.29, 1.82) is 0 Å². The number of aryl methyl sites for hydroxylation is 2. The Morgan fingerprint density at radius 2 is 1.85 bits per heavy atom. The third kappa shape index (κ3) is 4.54. The average Bonchev–Trinajstić information content (AvgIpc) is 3.30. The van der Waals surface area contributed by atoms with Crippen molar-refractivity contribution >= 4 is 40.0 Å². The highest BCUT2D eigenvalue weighted by atomic mass is 35.5. The van der Waals surface area contributed by atoms with Crippen molar-refractivity contribution in [2.75, 3.05) is 23.3 Å². The molecule has 4 aromatic rings. The molecule has 2 heterocycles. The smallest absolute Gasteiger partial charge is 0.338 e. The second-order valence-corrected chi connectivity index (χ2v) is 8.48. The third-order valence-electron chi connectivity index (χ3n) is 5.95. The second-order valence-electron chi connectivity index (χ2n) is 8.07. The fraction of sp³-hybridized carbons (Fsp3) is 0.280. The molecule has 176 valence electrons. The van der Waals surface area contributed by atoms with Crippen LogP contribution in [0.25, 0.3) is 16.9 Å². The number of aromatic nitrogens is 4. The maximum absolute atomic E-state index is 11.3. The Morgan fingerprint density at radius 1 is 1.15 bits per heavy atom. The molecular formula is C25H27ClN6O2. The van der Waals surface area contributed by atoms with Gasteiger partial charge in [-0.3, -0.25) is 0 Å². The van der Waals surface area contributed by atoms with E-state index in [4.69, 9.17) is 16.6 Å². The zero-order chi connectivity index (χ0) is 24.4. The summed E-state index contributed by atoms with van der Waals surface area (Å²) in [6.45, 7) is 10.5. The summed E-state index contributed by atoms with van der Waals surface area (Å²) in [6, 6.07) is 10.1. The van der Waals surface area contributed by atoms with Gasteiger partial charge in [-0.15, -0.1) is 0 Å². The van der Waals surface area contributed by atoms with Crippen LogP contribution in [0.4, 0.5) is 11.5 Å². The Hall–Kier alpha value is -3.65. The van der Waals surface area contributed by atoms with Gasteiger partial charge in [0.05, 0.1) is 28.0 Å². The van der Waals surface area contributed by atoms with Crippen LogP contribution in [0.1, 0.15) is 40.9 Å². The molecule has 0 amide bonds. The molecule has 0 aliphatic carbocycles. The minimum absolute atomic E-state index is 0.0668. The number of nitrogens with zero attached hydrogens (tertiary/aromatic N) is 5. The van der Waals surface area contributed by atoms with Crippen LogP contribution in [0, 0.1) is 13.8 Å². The van der Waals surface area contributed by atoms with Crippen LogP contribution in [-0.4, -0.2) is 43.9 Å². The molecule has 0 unspecified atom stereocenters. The van der Waals surface area contributed by atoms with E-state index < -0.39 is 5.97 Å². The van der Waals surface area contributed by atoms with E-state index in [0.717, 1.165) is 30.0 Å². The molecular weight excluding hydrogens is 452 g/mol. The quantitative estimate of drug-likeness (QED) is 0.357. The molecule has 2 aromatic heterocycles. The van der Waals surface area contributed by atoms with E-state index in [1.165, 1.54) is 33.8 Å². The molecule has 0 radical (unpaired) electrons. The predicted molar refractivity (Wildman–Crippen MR) is 135 cm³/mol. The van der Waals surface area contributed by atoms with Gasteiger partial charge in [-0.1, -0.05) is 29.8 Å². The van der Waals surface area contributed by atoms with Crippen molar-refractivity contribution < 1.29 is 9.90 Å². The van der Waals surface area contributed by atoms with Crippen molar-refractivity contribution in [3.05, 3.63) is 70.0 Å². The van der Waals surface area contributed by atoms with E-state index in [9.17, 15) is 9.90 Å². The first-order valence-electron chi connectivity index (χ1n) is 11.2. The number of hydrogen-bond donors (Lipinski definition) is 2. The minimum atomic E-state index is -1.06. The fourth-order valence-corrected chi connectivity index (χ4v) is 4.20. The first-order valence-corrected chi connectivity index (χ1v) is 11.5. The number of anilines is 2. The summed E-state index contributed by atoms with van der Waals surface area (Å²) in [6.07, 6.45) is 2.68. The molecule has 0 saturated heterocycles. The van der Waals surface area contributed by atoms with Crippen molar-refractivity contribution in [2.24, 2.45) is 0 Å². The highest BCUT2D eigenvalue weighted by Gasteiger charge is 2.17. The van der Waals surface area contributed by atoms with Gasteiger partial charge < -0.3 is 15.3 Å². The molecule has 4 rings (SSSR count). The van der Waals surface area contributed by atoms with Gasteiger partial charge >= 0.3 is 5.97 Å². The number of halogens is 1.